The molecule has 0 atom stereocenters. The fourth-order valence-electron chi connectivity index (χ4n) is 1.53. The van der Waals surface area contributed by atoms with Crippen LogP contribution in [0.1, 0.15) is 12.5 Å². The first kappa shape index (κ1) is 11.4. The van der Waals surface area contributed by atoms with Crippen molar-refractivity contribution in [3.63, 3.8) is 0 Å². The summed E-state index contributed by atoms with van der Waals surface area (Å²) in [7, 11) is 1.60. The van der Waals surface area contributed by atoms with Gasteiger partial charge in [-0.25, -0.2) is 4.98 Å². The fourth-order valence-corrected chi connectivity index (χ4v) is 1.53. The van der Waals surface area contributed by atoms with Crippen molar-refractivity contribution in [1.82, 2.24) is 9.97 Å². The number of hydrogen-bond donors (Lipinski definition) is 0. The number of anilines is 1. The molecule has 2 rings (SSSR count). The predicted molar refractivity (Wildman–Crippen MR) is 64.0 cm³/mol. The van der Waals surface area contributed by atoms with E-state index in [1.807, 2.05) is 11.0 Å². The van der Waals surface area contributed by atoms with Crippen LogP contribution >= 0.6 is 0 Å². The van der Waals surface area contributed by atoms with E-state index >= 15 is 0 Å². The lowest BCUT2D eigenvalue weighted by Crippen LogP contribution is -2.24. The number of furan rings is 1. The fraction of sp³-hybridized carbons (Fsp3) is 0.333. The molecule has 0 aliphatic rings. The van der Waals surface area contributed by atoms with E-state index in [1.54, 1.807) is 31.9 Å². The molecule has 0 aliphatic carbocycles. The van der Waals surface area contributed by atoms with Gasteiger partial charge in [0.15, 0.2) is 0 Å². The topological polar surface area (TPSA) is 51.4 Å². The van der Waals surface area contributed by atoms with Crippen molar-refractivity contribution >= 4 is 5.95 Å². The van der Waals surface area contributed by atoms with E-state index in [9.17, 15) is 0 Å². The van der Waals surface area contributed by atoms with E-state index in [0.29, 0.717) is 11.8 Å². The molecule has 0 N–H and O–H groups in total. The van der Waals surface area contributed by atoms with Crippen molar-refractivity contribution in [1.29, 1.82) is 0 Å². The van der Waals surface area contributed by atoms with Crippen molar-refractivity contribution < 1.29 is 9.15 Å². The van der Waals surface area contributed by atoms with E-state index in [2.05, 4.69) is 16.9 Å². The summed E-state index contributed by atoms with van der Waals surface area (Å²) in [6.45, 7) is 3.60. The van der Waals surface area contributed by atoms with Gasteiger partial charge in [0.25, 0.3) is 0 Å². The van der Waals surface area contributed by atoms with E-state index < -0.39 is 0 Å². The first-order chi connectivity index (χ1) is 8.33. The molecule has 5 heteroatoms. The van der Waals surface area contributed by atoms with Gasteiger partial charge in [0.1, 0.15) is 0 Å². The molecule has 0 unspecified atom stereocenters. The summed E-state index contributed by atoms with van der Waals surface area (Å²) in [5, 5.41) is 0. The molecule has 0 aromatic carbocycles. The normalized spacial score (nSPS) is 10.2. The number of nitrogens with zero attached hydrogens (tertiary/aromatic N) is 3. The zero-order valence-corrected chi connectivity index (χ0v) is 9.96. The largest absolute Gasteiger partial charge is 0.481 e. The second-order valence-corrected chi connectivity index (χ2v) is 3.54. The van der Waals surface area contributed by atoms with Crippen LogP contribution in [0, 0.1) is 0 Å². The SMILES string of the molecule is CCN(Cc1ccoc1)c1nccc(OC)n1. The predicted octanol–water partition coefficient (Wildman–Crippen LogP) is 2.10. The molecule has 2 aromatic heterocycles. The van der Waals surface area contributed by atoms with Crippen LogP contribution in [-0.4, -0.2) is 23.6 Å². The zero-order chi connectivity index (χ0) is 12.1. The molecule has 90 valence electrons. The molecule has 0 saturated heterocycles. The Balaban J connectivity index is 2.16. The third-order valence-corrected chi connectivity index (χ3v) is 2.44. The van der Waals surface area contributed by atoms with Crippen LogP contribution in [0.4, 0.5) is 5.95 Å². The zero-order valence-electron chi connectivity index (χ0n) is 9.96. The Bertz CT molecular complexity index is 457. The third kappa shape index (κ3) is 2.75. The van der Waals surface area contributed by atoms with E-state index in [0.717, 1.165) is 18.7 Å². The van der Waals surface area contributed by atoms with Crippen molar-refractivity contribution in [2.24, 2.45) is 0 Å². The van der Waals surface area contributed by atoms with Crippen LogP contribution in [0.3, 0.4) is 0 Å². The average Bonchev–Trinajstić information content (AvgIpc) is 2.89. The lowest BCUT2D eigenvalue weighted by Gasteiger charge is -2.19. The first-order valence-electron chi connectivity index (χ1n) is 5.46. The maximum Gasteiger partial charge on any atom is 0.228 e. The average molecular weight is 233 g/mol. The molecule has 0 bridgehead atoms. The first-order valence-corrected chi connectivity index (χ1v) is 5.46. The Kier molecular flexibility index (Phi) is 3.59. The Hall–Kier alpha value is -2.04. The molecule has 2 heterocycles. The number of ether oxygens (including phenoxy) is 1. The van der Waals surface area contributed by atoms with Crippen molar-refractivity contribution in [3.05, 3.63) is 36.4 Å². The minimum atomic E-state index is 0.570. The highest BCUT2D eigenvalue weighted by atomic mass is 16.5. The van der Waals surface area contributed by atoms with Crippen LogP contribution in [-0.2, 0) is 6.54 Å². The number of rotatable bonds is 5. The second-order valence-electron chi connectivity index (χ2n) is 3.54. The van der Waals surface area contributed by atoms with Crippen LogP contribution in [0.5, 0.6) is 5.88 Å². The van der Waals surface area contributed by atoms with E-state index in [-0.39, 0.29) is 0 Å². The summed E-state index contributed by atoms with van der Waals surface area (Å²) >= 11 is 0. The van der Waals surface area contributed by atoms with Crippen LogP contribution in [0.25, 0.3) is 0 Å². The molecular weight excluding hydrogens is 218 g/mol. The monoisotopic (exact) mass is 233 g/mol. The Morgan fingerprint density at radius 3 is 2.94 bits per heavy atom. The molecule has 0 fully saturated rings. The third-order valence-electron chi connectivity index (χ3n) is 2.44. The summed E-state index contributed by atoms with van der Waals surface area (Å²) in [6, 6.07) is 3.66. The number of aromatic nitrogens is 2. The van der Waals surface area contributed by atoms with Crippen molar-refractivity contribution in [3.8, 4) is 5.88 Å². The number of methoxy groups -OCH3 is 1. The molecule has 0 aliphatic heterocycles. The highest BCUT2D eigenvalue weighted by Crippen LogP contribution is 2.15. The van der Waals surface area contributed by atoms with Gasteiger partial charge in [-0.1, -0.05) is 0 Å². The summed E-state index contributed by atoms with van der Waals surface area (Å²) < 4.78 is 10.1. The molecule has 0 amide bonds. The molecule has 0 saturated carbocycles. The lowest BCUT2D eigenvalue weighted by atomic mass is 10.3. The van der Waals surface area contributed by atoms with Gasteiger partial charge in [0, 0.05) is 30.9 Å². The van der Waals surface area contributed by atoms with Crippen LogP contribution in [0.2, 0.25) is 0 Å². The van der Waals surface area contributed by atoms with Gasteiger partial charge < -0.3 is 14.1 Å². The van der Waals surface area contributed by atoms with Crippen LogP contribution < -0.4 is 9.64 Å². The van der Waals surface area contributed by atoms with E-state index in [4.69, 9.17) is 9.15 Å². The number of hydrogen-bond acceptors (Lipinski definition) is 5. The summed E-state index contributed by atoms with van der Waals surface area (Å²) in [6.07, 6.45) is 5.08. The van der Waals surface area contributed by atoms with Gasteiger partial charge >= 0.3 is 0 Å². The standard InChI is InChI=1S/C12H15N3O2/c1-3-15(8-10-5-7-17-9-10)12-13-6-4-11(14-12)16-2/h4-7,9H,3,8H2,1-2H3. The highest BCUT2D eigenvalue weighted by Gasteiger charge is 2.09. The quantitative estimate of drug-likeness (QED) is 0.791. The minimum absolute atomic E-state index is 0.570. The van der Waals surface area contributed by atoms with Gasteiger partial charge in [-0.05, 0) is 13.0 Å². The van der Waals surface area contributed by atoms with Crippen molar-refractivity contribution in [2.45, 2.75) is 13.5 Å². The molecule has 17 heavy (non-hydrogen) atoms. The second kappa shape index (κ2) is 5.34. The van der Waals surface area contributed by atoms with Crippen LogP contribution in [0.15, 0.2) is 35.3 Å². The van der Waals surface area contributed by atoms with Gasteiger partial charge in [0.05, 0.1) is 19.6 Å². The van der Waals surface area contributed by atoms with Gasteiger partial charge in [-0.3, -0.25) is 0 Å². The maximum atomic E-state index is 5.09. The van der Waals surface area contributed by atoms with Gasteiger partial charge in [-0.15, -0.1) is 0 Å². The maximum absolute atomic E-state index is 5.09. The summed E-state index contributed by atoms with van der Waals surface area (Å²) in [5.41, 5.74) is 1.10. The highest BCUT2D eigenvalue weighted by molar-refractivity contribution is 5.33. The van der Waals surface area contributed by atoms with E-state index in [1.165, 1.54) is 0 Å². The molecule has 2 aromatic rings. The smallest absolute Gasteiger partial charge is 0.228 e. The Labute approximate surface area is 100 Å². The molecule has 5 nitrogen and oxygen atoms in total. The van der Waals surface area contributed by atoms with Crippen molar-refractivity contribution in [2.75, 3.05) is 18.6 Å². The molecule has 0 radical (unpaired) electrons. The Morgan fingerprint density at radius 1 is 1.41 bits per heavy atom. The van der Waals surface area contributed by atoms with Gasteiger partial charge in [-0.2, -0.15) is 4.98 Å². The minimum Gasteiger partial charge on any atom is -0.481 e. The van der Waals surface area contributed by atoms with Gasteiger partial charge in [0.2, 0.25) is 11.8 Å². The summed E-state index contributed by atoms with van der Waals surface area (Å²) in [5.74, 6) is 1.23. The Morgan fingerprint density at radius 2 is 2.29 bits per heavy atom. The lowest BCUT2D eigenvalue weighted by molar-refractivity contribution is 0.396. The molecule has 0 spiro atoms. The molecular formula is C12H15N3O2. The summed E-state index contributed by atoms with van der Waals surface area (Å²) in [4.78, 5) is 10.6.